The van der Waals surface area contributed by atoms with Gasteiger partial charge in [-0.1, -0.05) is 11.6 Å². The van der Waals surface area contributed by atoms with E-state index in [1.165, 1.54) is 24.4 Å². The topological polar surface area (TPSA) is 67.3 Å². The van der Waals surface area contributed by atoms with Crippen molar-refractivity contribution in [3.05, 3.63) is 46.5 Å². The zero-order valence-electron chi connectivity index (χ0n) is 11.9. The standard InChI is InChI=1S/C14H18ClFN4O/c1-19(2)5-6-20-13(11(15)8-18-20)14(21)10-7-9(16)3-4-12(10)17/h3-4,7-8,14,21H,5-6,17H2,1-2H3. The van der Waals surface area contributed by atoms with Gasteiger partial charge in [0.15, 0.2) is 0 Å². The second kappa shape index (κ2) is 6.43. The van der Waals surface area contributed by atoms with Crippen molar-refractivity contribution in [2.75, 3.05) is 26.4 Å². The molecule has 0 amide bonds. The number of nitrogens with zero attached hydrogens (tertiary/aromatic N) is 3. The molecule has 1 heterocycles. The minimum absolute atomic E-state index is 0.281. The summed E-state index contributed by atoms with van der Waals surface area (Å²) in [7, 11) is 3.87. The first-order valence-electron chi connectivity index (χ1n) is 6.49. The van der Waals surface area contributed by atoms with Gasteiger partial charge in [-0.25, -0.2) is 4.39 Å². The summed E-state index contributed by atoms with van der Waals surface area (Å²) in [6.07, 6.45) is 0.337. The van der Waals surface area contributed by atoms with Crippen LogP contribution >= 0.6 is 11.6 Å². The molecular weight excluding hydrogens is 295 g/mol. The van der Waals surface area contributed by atoms with Crippen LogP contribution in [0.4, 0.5) is 10.1 Å². The highest BCUT2D eigenvalue weighted by Gasteiger charge is 2.22. The van der Waals surface area contributed by atoms with Crippen molar-refractivity contribution in [3.8, 4) is 0 Å². The van der Waals surface area contributed by atoms with Crippen molar-refractivity contribution in [3.63, 3.8) is 0 Å². The SMILES string of the molecule is CN(C)CCn1ncc(Cl)c1C(O)c1cc(F)ccc1N. The minimum atomic E-state index is -1.13. The monoisotopic (exact) mass is 312 g/mol. The summed E-state index contributed by atoms with van der Waals surface area (Å²) in [6.45, 7) is 1.29. The number of aliphatic hydroxyl groups excluding tert-OH is 1. The molecule has 0 saturated heterocycles. The summed E-state index contributed by atoms with van der Waals surface area (Å²) in [6, 6.07) is 3.87. The molecule has 0 bridgehead atoms. The van der Waals surface area contributed by atoms with Crippen LogP contribution in [0.2, 0.25) is 5.02 Å². The third kappa shape index (κ3) is 3.53. The first-order chi connectivity index (χ1) is 9.90. The van der Waals surface area contributed by atoms with Gasteiger partial charge in [0.05, 0.1) is 23.5 Å². The highest BCUT2D eigenvalue weighted by Crippen LogP contribution is 2.31. The van der Waals surface area contributed by atoms with Gasteiger partial charge < -0.3 is 15.7 Å². The van der Waals surface area contributed by atoms with Crippen molar-refractivity contribution < 1.29 is 9.50 Å². The van der Waals surface area contributed by atoms with E-state index in [1.54, 1.807) is 4.68 Å². The fourth-order valence-electron chi connectivity index (χ4n) is 2.05. The predicted octanol–water partition coefficient (Wildman–Crippen LogP) is 1.90. The molecule has 2 rings (SSSR count). The molecule has 0 spiro atoms. The maximum absolute atomic E-state index is 13.4. The van der Waals surface area contributed by atoms with Gasteiger partial charge >= 0.3 is 0 Å². The zero-order chi connectivity index (χ0) is 15.6. The number of anilines is 1. The Bertz CT molecular complexity index is 629. The van der Waals surface area contributed by atoms with Gasteiger partial charge in [0.25, 0.3) is 0 Å². The van der Waals surface area contributed by atoms with E-state index in [2.05, 4.69) is 5.10 Å². The maximum Gasteiger partial charge on any atom is 0.124 e. The lowest BCUT2D eigenvalue weighted by molar-refractivity contribution is 0.206. The number of nitrogens with two attached hydrogens (primary N) is 1. The lowest BCUT2D eigenvalue weighted by Gasteiger charge is -2.17. The van der Waals surface area contributed by atoms with Gasteiger partial charge in [0.2, 0.25) is 0 Å². The van der Waals surface area contributed by atoms with Crippen LogP contribution in [0, 0.1) is 5.82 Å². The van der Waals surface area contributed by atoms with Crippen molar-refractivity contribution in [2.24, 2.45) is 0 Å². The molecule has 0 fully saturated rings. The third-order valence-corrected chi connectivity index (χ3v) is 3.49. The summed E-state index contributed by atoms with van der Waals surface area (Å²) < 4.78 is 15.0. The molecule has 1 atom stereocenters. The van der Waals surface area contributed by atoms with E-state index in [1.807, 2.05) is 19.0 Å². The molecule has 0 saturated carbocycles. The van der Waals surface area contributed by atoms with Crippen LogP contribution in [0.3, 0.4) is 0 Å². The van der Waals surface area contributed by atoms with Crippen LogP contribution in [0.5, 0.6) is 0 Å². The number of halogens is 2. The smallest absolute Gasteiger partial charge is 0.124 e. The van der Waals surface area contributed by atoms with E-state index < -0.39 is 11.9 Å². The number of hydrogen-bond acceptors (Lipinski definition) is 4. The number of aliphatic hydroxyl groups is 1. The summed E-state index contributed by atoms with van der Waals surface area (Å²) in [5.74, 6) is -0.464. The normalized spacial score (nSPS) is 12.9. The Balaban J connectivity index is 2.36. The average Bonchev–Trinajstić information content (AvgIpc) is 2.79. The second-order valence-corrected chi connectivity index (χ2v) is 5.49. The molecular formula is C14H18ClFN4O. The van der Waals surface area contributed by atoms with Gasteiger partial charge in [-0.15, -0.1) is 0 Å². The fourth-order valence-corrected chi connectivity index (χ4v) is 2.29. The summed E-state index contributed by atoms with van der Waals surface area (Å²) in [5.41, 5.74) is 6.81. The summed E-state index contributed by atoms with van der Waals surface area (Å²) in [4.78, 5) is 1.99. The van der Waals surface area contributed by atoms with Crippen LogP contribution in [0.25, 0.3) is 0 Å². The Hall–Kier alpha value is -1.63. The van der Waals surface area contributed by atoms with Gasteiger partial charge in [0, 0.05) is 17.8 Å². The number of nitrogen functional groups attached to an aromatic ring is 1. The van der Waals surface area contributed by atoms with E-state index in [0.717, 1.165) is 6.54 Å². The number of benzene rings is 1. The van der Waals surface area contributed by atoms with Crippen LogP contribution in [-0.4, -0.2) is 40.4 Å². The van der Waals surface area contributed by atoms with Crippen LogP contribution in [0.15, 0.2) is 24.4 Å². The largest absolute Gasteiger partial charge is 0.398 e. The Labute approximate surface area is 127 Å². The number of aromatic nitrogens is 2. The van der Waals surface area contributed by atoms with Crippen molar-refractivity contribution >= 4 is 17.3 Å². The van der Waals surface area contributed by atoms with Crippen LogP contribution in [0.1, 0.15) is 17.4 Å². The molecule has 114 valence electrons. The lowest BCUT2D eigenvalue weighted by Crippen LogP contribution is -2.21. The first-order valence-corrected chi connectivity index (χ1v) is 6.87. The van der Waals surface area contributed by atoms with Crippen LogP contribution in [-0.2, 0) is 6.54 Å². The molecule has 1 aromatic carbocycles. The molecule has 0 aliphatic rings. The maximum atomic E-state index is 13.4. The Morgan fingerprint density at radius 1 is 1.48 bits per heavy atom. The van der Waals surface area contributed by atoms with Crippen molar-refractivity contribution in [1.82, 2.24) is 14.7 Å². The Morgan fingerprint density at radius 3 is 2.86 bits per heavy atom. The predicted molar refractivity (Wildman–Crippen MR) is 80.7 cm³/mol. The molecule has 1 aromatic heterocycles. The van der Waals surface area contributed by atoms with Gasteiger partial charge in [-0.2, -0.15) is 5.10 Å². The molecule has 3 N–H and O–H groups in total. The van der Waals surface area contributed by atoms with E-state index in [-0.39, 0.29) is 5.56 Å². The number of hydrogen-bond donors (Lipinski definition) is 2. The van der Waals surface area contributed by atoms with E-state index in [4.69, 9.17) is 17.3 Å². The van der Waals surface area contributed by atoms with Crippen molar-refractivity contribution in [2.45, 2.75) is 12.6 Å². The third-order valence-electron chi connectivity index (χ3n) is 3.19. The van der Waals surface area contributed by atoms with E-state index in [9.17, 15) is 9.50 Å². The number of rotatable bonds is 5. The quantitative estimate of drug-likeness (QED) is 0.828. The molecule has 0 aliphatic carbocycles. The van der Waals surface area contributed by atoms with Gasteiger partial charge in [-0.05, 0) is 32.3 Å². The first kappa shape index (κ1) is 15.8. The van der Waals surface area contributed by atoms with E-state index >= 15 is 0 Å². The Morgan fingerprint density at radius 2 is 2.19 bits per heavy atom. The molecule has 5 nitrogen and oxygen atoms in total. The molecule has 0 aliphatic heterocycles. The second-order valence-electron chi connectivity index (χ2n) is 5.08. The molecule has 2 aromatic rings. The highest BCUT2D eigenvalue weighted by molar-refractivity contribution is 6.31. The molecule has 7 heteroatoms. The van der Waals surface area contributed by atoms with E-state index in [0.29, 0.717) is 22.9 Å². The average molecular weight is 313 g/mol. The van der Waals surface area contributed by atoms with Crippen molar-refractivity contribution in [1.29, 1.82) is 0 Å². The molecule has 0 radical (unpaired) electrons. The number of likely N-dealkylation sites (N-methyl/N-ethyl adjacent to an activating group) is 1. The fraction of sp³-hybridized carbons (Fsp3) is 0.357. The molecule has 21 heavy (non-hydrogen) atoms. The van der Waals surface area contributed by atoms with Gasteiger partial charge in [-0.3, -0.25) is 4.68 Å². The Kier molecular flexibility index (Phi) is 4.82. The highest BCUT2D eigenvalue weighted by atomic mass is 35.5. The zero-order valence-corrected chi connectivity index (χ0v) is 12.7. The lowest BCUT2D eigenvalue weighted by atomic mass is 10.0. The minimum Gasteiger partial charge on any atom is -0.398 e. The summed E-state index contributed by atoms with van der Waals surface area (Å²) >= 11 is 6.11. The summed E-state index contributed by atoms with van der Waals surface area (Å²) in [5, 5.41) is 15.0. The van der Waals surface area contributed by atoms with Crippen LogP contribution < -0.4 is 5.73 Å². The van der Waals surface area contributed by atoms with Gasteiger partial charge in [0.1, 0.15) is 11.9 Å². The molecule has 1 unspecified atom stereocenters.